The molecule has 3 atom stereocenters. The van der Waals surface area contributed by atoms with Crippen LogP contribution in [0.4, 0.5) is 0 Å². The average molecular weight is 270 g/mol. The Balaban J connectivity index is 1.89. The second-order valence-electron chi connectivity index (χ2n) is 5.84. The number of rotatable bonds is 2. The first-order chi connectivity index (χ1) is 9.65. The minimum Gasteiger partial charge on any atom is -0.311 e. The maximum absolute atomic E-state index is 4.41. The van der Waals surface area contributed by atoms with Crippen molar-refractivity contribution in [1.82, 2.24) is 20.2 Å². The topological polar surface area (TPSA) is 41.1 Å². The van der Waals surface area contributed by atoms with E-state index in [0.717, 1.165) is 24.1 Å². The van der Waals surface area contributed by atoms with E-state index in [1.807, 2.05) is 0 Å². The second-order valence-corrected chi connectivity index (χ2v) is 5.84. The molecule has 0 aliphatic carbocycles. The third kappa shape index (κ3) is 2.53. The summed E-state index contributed by atoms with van der Waals surface area (Å²) in [6.45, 7) is 8.96. The van der Waals surface area contributed by atoms with E-state index in [-0.39, 0.29) is 0 Å². The predicted octanol–water partition coefficient (Wildman–Crippen LogP) is 2.37. The maximum atomic E-state index is 4.41. The number of nitrogens with one attached hydrogen (secondary N) is 1. The molecule has 4 heteroatoms. The standard InChI is InChI=1S/C16H22N4/c1-11-10-20(12(2)9-19-11)13(3)14-4-5-15-16(8-14)18-7-6-17-15/h4-8,11-13,19H,9-10H2,1-3H3/t11-,12+,13?/m0/s1. The van der Waals surface area contributed by atoms with Crippen LogP contribution in [-0.4, -0.2) is 40.0 Å². The third-order valence-electron chi connectivity index (χ3n) is 4.29. The molecule has 3 rings (SSSR count). The van der Waals surface area contributed by atoms with Crippen molar-refractivity contribution in [3.8, 4) is 0 Å². The van der Waals surface area contributed by atoms with Gasteiger partial charge >= 0.3 is 0 Å². The summed E-state index contributed by atoms with van der Waals surface area (Å²) in [5.74, 6) is 0. The summed E-state index contributed by atoms with van der Waals surface area (Å²) in [6.07, 6.45) is 3.50. The molecule has 2 heterocycles. The van der Waals surface area contributed by atoms with Crippen molar-refractivity contribution >= 4 is 11.0 Å². The lowest BCUT2D eigenvalue weighted by molar-refractivity contribution is 0.103. The van der Waals surface area contributed by atoms with Gasteiger partial charge in [-0.3, -0.25) is 14.9 Å². The first-order valence-corrected chi connectivity index (χ1v) is 7.35. The Hall–Kier alpha value is -1.52. The van der Waals surface area contributed by atoms with Gasteiger partial charge in [-0.15, -0.1) is 0 Å². The lowest BCUT2D eigenvalue weighted by atomic mass is 10.0. The quantitative estimate of drug-likeness (QED) is 0.909. The van der Waals surface area contributed by atoms with Gasteiger partial charge in [0.05, 0.1) is 11.0 Å². The van der Waals surface area contributed by atoms with Crippen molar-refractivity contribution in [1.29, 1.82) is 0 Å². The molecule has 0 bridgehead atoms. The summed E-state index contributed by atoms with van der Waals surface area (Å²) in [6, 6.07) is 7.94. The van der Waals surface area contributed by atoms with Crippen LogP contribution in [0.5, 0.6) is 0 Å². The van der Waals surface area contributed by atoms with Gasteiger partial charge in [0, 0.05) is 43.6 Å². The molecule has 0 spiro atoms. The van der Waals surface area contributed by atoms with Gasteiger partial charge < -0.3 is 5.32 Å². The van der Waals surface area contributed by atoms with Crippen molar-refractivity contribution in [2.24, 2.45) is 0 Å². The Morgan fingerprint density at radius 1 is 1.20 bits per heavy atom. The normalized spacial score (nSPS) is 25.8. The zero-order chi connectivity index (χ0) is 14.1. The van der Waals surface area contributed by atoms with E-state index in [1.165, 1.54) is 5.56 Å². The lowest BCUT2D eigenvalue weighted by Gasteiger charge is -2.41. The Morgan fingerprint density at radius 3 is 2.75 bits per heavy atom. The van der Waals surface area contributed by atoms with E-state index in [4.69, 9.17) is 0 Å². The summed E-state index contributed by atoms with van der Waals surface area (Å²) in [5.41, 5.74) is 3.26. The molecule has 0 amide bonds. The molecule has 2 aromatic rings. The van der Waals surface area contributed by atoms with Crippen LogP contribution < -0.4 is 5.32 Å². The fourth-order valence-corrected chi connectivity index (χ4v) is 3.02. The van der Waals surface area contributed by atoms with Crippen LogP contribution in [0.1, 0.15) is 32.4 Å². The molecule has 1 saturated heterocycles. The Labute approximate surface area is 120 Å². The molecule has 1 fully saturated rings. The summed E-state index contributed by atoms with van der Waals surface area (Å²) < 4.78 is 0. The molecular weight excluding hydrogens is 248 g/mol. The van der Waals surface area contributed by atoms with Crippen LogP contribution in [0.15, 0.2) is 30.6 Å². The second kappa shape index (κ2) is 5.46. The molecule has 0 radical (unpaired) electrons. The van der Waals surface area contributed by atoms with Gasteiger partial charge in [0.1, 0.15) is 0 Å². The van der Waals surface area contributed by atoms with E-state index < -0.39 is 0 Å². The number of hydrogen-bond acceptors (Lipinski definition) is 4. The minimum atomic E-state index is 0.404. The molecule has 1 N–H and O–H groups in total. The zero-order valence-electron chi connectivity index (χ0n) is 12.4. The van der Waals surface area contributed by atoms with Crippen LogP contribution in [0.25, 0.3) is 11.0 Å². The average Bonchev–Trinajstić information content (AvgIpc) is 2.48. The molecule has 1 aliphatic heterocycles. The minimum absolute atomic E-state index is 0.404. The van der Waals surface area contributed by atoms with Crippen molar-refractivity contribution in [2.75, 3.05) is 13.1 Å². The van der Waals surface area contributed by atoms with Crippen molar-refractivity contribution < 1.29 is 0 Å². The maximum Gasteiger partial charge on any atom is 0.0890 e. The van der Waals surface area contributed by atoms with E-state index >= 15 is 0 Å². The van der Waals surface area contributed by atoms with Gasteiger partial charge in [0.25, 0.3) is 0 Å². The summed E-state index contributed by atoms with van der Waals surface area (Å²) in [7, 11) is 0. The highest BCUT2D eigenvalue weighted by Gasteiger charge is 2.27. The van der Waals surface area contributed by atoms with Gasteiger partial charge in [-0.1, -0.05) is 6.07 Å². The molecular formula is C16H22N4. The monoisotopic (exact) mass is 270 g/mol. The van der Waals surface area contributed by atoms with Gasteiger partial charge in [-0.2, -0.15) is 0 Å². The molecule has 1 aromatic carbocycles. The highest BCUT2D eigenvalue weighted by Crippen LogP contribution is 2.26. The van der Waals surface area contributed by atoms with E-state index in [9.17, 15) is 0 Å². The third-order valence-corrected chi connectivity index (χ3v) is 4.29. The van der Waals surface area contributed by atoms with Crippen molar-refractivity contribution in [2.45, 2.75) is 38.9 Å². The number of piperazine rings is 1. The first-order valence-electron chi connectivity index (χ1n) is 7.35. The molecule has 4 nitrogen and oxygen atoms in total. The molecule has 1 unspecified atom stereocenters. The smallest absolute Gasteiger partial charge is 0.0890 e. The van der Waals surface area contributed by atoms with E-state index in [2.05, 4.69) is 59.2 Å². The summed E-state index contributed by atoms with van der Waals surface area (Å²) in [5, 5.41) is 3.53. The van der Waals surface area contributed by atoms with Crippen LogP contribution in [-0.2, 0) is 0 Å². The number of hydrogen-bond donors (Lipinski definition) is 1. The highest BCUT2D eigenvalue weighted by molar-refractivity contribution is 5.74. The van der Waals surface area contributed by atoms with Gasteiger partial charge in [0.15, 0.2) is 0 Å². The van der Waals surface area contributed by atoms with Crippen LogP contribution in [0.3, 0.4) is 0 Å². The number of nitrogens with zero attached hydrogens (tertiary/aromatic N) is 3. The van der Waals surface area contributed by atoms with Gasteiger partial charge in [0.2, 0.25) is 0 Å². The molecule has 20 heavy (non-hydrogen) atoms. The van der Waals surface area contributed by atoms with E-state index in [1.54, 1.807) is 12.4 Å². The van der Waals surface area contributed by atoms with Crippen LogP contribution in [0, 0.1) is 0 Å². The van der Waals surface area contributed by atoms with E-state index in [0.29, 0.717) is 18.1 Å². The Bertz CT molecular complexity index is 598. The molecule has 0 saturated carbocycles. The number of fused-ring (bicyclic) bond motifs is 1. The molecule has 1 aromatic heterocycles. The summed E-state index contributed by atoms with van der Waals surface area (Å²) >= 11 is 0. The fraction of sp³-hybridized carbons (Fsp3) is 0.500. The first kappa shape index (κ1) is 13.5. The number of aromatic nitrogens is 2. The SMILES string of the molecule is CC(c1ccc2nccnc2c1)N1C[C@H](C)NC[C@H]1C. The van der Waals surface area contributed by atoms with Gasteiger partial charge in [-0.05, 0) is 38.5 Å². The molecule has 1 aliphatic rings. The summed E-state index contributed by atoms with van der Waals surface area (Å²) in [4.78, 5) is 11.3. The Morgan fingerprint density at radius 2 is 1.95 bits per heavy atom. The largest absolute Gasteiger partial charge is 0.311 e. The molecule has 106 valence electrons. The fourth-order valence-electron chi connectivity index (χ4n) is 3.02. The van der Waals surface area contributed by atoms with Crippen LogP contribution in [0.2, 0.25) is 0 Å². The van der Waals surface area contributed by atoms with Crippen molar-refractivity contribution in [3.63, 3.8) is 0 Å². The van der Waals surface area contributed by atoms with Gasteiger partial charge in [-0.25, -0.2) is 0 Å². The zero-order valence-corrected chi connectivity index (χ0v) is 12.4. The lowest BCUT2D eigenvalue weighted by Crippen LogP contribution is -2.54. The number of benzene rings is 1. The van der Waals surface area contributed by atoms with Crippen molar-refractivity contribution in [3.05, 3.63) is 36.2 Å². The predicted molar refractivity (Wildman–Crippen MR) is 81.6 cm³/mol. The van der Waals surface area contributed by atoms with Crippen LogP contribution >= 0.6 is 0 Å². The highest BCUT2D eigenvalue weighted by atomic mass is 15.2. The Kier molecular flexibility index (Phi) is 3.68.